The van der Waals surface area contributed by atoms with Crippen LogP contribution in [0.4, 0.5) is 0 Å². The number of rotatable bonds is 3. The fraction of sp³-hybridized carbons (Fsp3) is 0.417. The van der Waals surface area contributed by atoms with Gasteiger partial charge < -0.3 is 10.3 Å². The Morgan fingerprint density at radius 3 is 2.88 bits per heavy atom. The van der Waals surface area contributed by atoms with Crippen molar-refractivity contribution in [2.24, 2.45) is 12.8 Å². The van der Waals surface area contributed by atoms with Crippen molar-refractivity contribution < 1.29 is 0 Å². The zero-order chi connectivity index (χ0) is 11.7. The molecule has 2 aromatic rings. The molecule has 2 rings (SSSR count). The van der Waals surface area contributed by atoms with E-state index < -0.39 is 0 Å². The first-order valence-electron chi connectivity index (χ1n) is 5.46. The second kappa shape index (κ2) is 4.44. The molecule has 0 radical (unpaired) electrons. The number of imidazole rings is 1. The SMILES string of the molecule is CC(CCN)c1nc2cccc(Cl)c2n1C. The quantitative estimate of drug-likeness (QED) is 0.892. The van der Waals surface area contributed by atoms with Crippen LogP contribution in [0.2, 0.25) is 5.02 Å². The molecule has 3 nitrogen and oxygen atoms in total. The minimum atomic E-state index is 0.360. The van der Waals surface area contributed by atoms with E-state index in [1.165, 1.54) is 0 Å². The molecule has 0 saturated heterocycles. The molecular weight excluding hydrogens is 222 g/mol. The van der Waals surface area contributed by atoms with E-state index in [4.69, 9.17) is 17.3 Å². The van der Waals surface area contributed by atoms with Crippen LogP contribution >= 0.6 is 11.6 Å². The minimum Gasteiger partial charge on any atom is -0.330 e. The van der Waals surface area contributed by atoms with Gasteiger partial charge in [0, 0.05) is 13.0 Å². The number of benzene rings is 1. The Morgan fingerprint density at radius 1 is 1.50 bits per heavy atom. The van der Waals surface area contributed by atoms with Gasteiger partial charge in [0.05, 0.1) is 16.1 Å². The van der Waals surface area contributed by atoms with Gasteiger partial charge in [0.1, 0.15) is 5.82 Å². The predicted octanol–water partition coefficient (Wildman–Crippen LogP) is 2.68. The molecule has 0 aliphatic heterocycles. The van der Waals surface area contributed by atoms with Crippen LogP contribution in [0.3, 0.4) is 0 Å². The second-order valence-electron chi connectivity index (χ2n) is 4.11. The predicted molar refractivity (Wildman–Crippen MR) is 67.8 cm³/mol. The lowest BCUT2D eigenvalue weighted by atomic mass is 10.1. The second-order valence-corrected chi connectivity index (χ2v) is 4.52. The number of halogens is 1. The molecule has 1 aromatic carbocycles. The third kappa shape index (κ3) is 1.81. The molecule has 1 unspecified atom stereocenters. The first-order chi connectivity index (χ1) is 7.65. The van der Waals surface area contributed by atoms with E-state index in [1.807, 2.05) is 25.2 Å². The maximum atomic E-state index is 6.17. The van der Waals surface area contributed by atoms with E-state index >= 15 is 0 Å². The fourth-order valence-corrected chi connectivity index (χ4v) is 2.36. The van der Waals surface area contributed by atoms with E-state index in [1.54, 1.807) is 0 Å². The lowest BCUT2D eigenvalue weighted by Gasteiger charge is -2.09. The number of nitrogens with two attached hydrogens (primary N) is 1. The molecule has 0 spiro atoms. The zero-order valence-electron chi connectivity index (χ0n) is 9.57. The van der Waals surface area contributed by atoms with Crippen molar-refractivity contribution in [3.63, 3.8) is 0 Å². The monoisotopic (exact) mass is 237 g/mol. The summed E-state index contributed by atoms with van der Waals surface area (Å²) in [4.78, 5) is 4.61. The van der Waals surface area contributed by atoms with Gasteiger partial charge in [0.15, 0.2) is 0 Å². The average Bonchev–Trinajstić information content (AvgIpc) is 2.58. The van der Waals surface area contributed by atoms with Crippen LogP contribution in [-0.4, -0.2) is 16.1 Å². The molecule has 1 heterocycles. The number of aryl methyl sites for hydroxylation is 1. The number of hydrogen-bond acceptors (Lipinski definition) is 2. The summed E-state index contributed by atoms with van der Waals surface area (Å²) in [6.07, 6.45) is 0.939. The van der Waals surface area contributed by atoms with Gasteiger partial charge >= 0.3 is 0 Å². The summed E-state index contributed by atoms with van der Waals surface area (Å²) in [6.45, 7) is 2.82. The van der Waals surface area contributed by atoms with Gasteiger partial charge in [-0.1, -0.05) is 24.6 Å². The van der Waals surface area contributed by atoms with Gasteiger partial charge in [-0.2, -0.15) is 0 Å². The fourth-order valence-electron chi connectivity index (χ4n) is 2.06. The summed E-state index contributed by atoms with van der Waals surface area (Å²) in [6, 6.07) is 5.80. The molecule has 1 aromatic heterocycles. The normalized spacial score (nSPS) is 13.2. The summed E-state index contributed by atoms with van der Waals surface area (Å²) in [5.74, 6) is 1.41. The Balaban J connectivity index is 2.56. The van der Waals surface area contributed by atoms with Gasteiger partial charge in [0.2, 0.25) is 0 Å². The third-order valence-corrected chi connectivity index (χ3v) is 3.22. The van der Waals surface area contributed by atoms with Crippen LogP contribution in [-0.2, 0) is 7.05 Å². The van der Waals surface area contributed by atoms with Crippen molar-refractivity contribution in [2.75, 3.05) is 6.54 Å². The highest BCUT2D eigenvalue weighted by Crippen LogP contribution is 2.27. The van der Waals surface area contributed by atoms with Crippen molar-refractivity contribution in [2.45, 2.75) is 19.3 Å². The van der Waals surface area contributed by atoms with Crippen LogP contribution in [0.5, 0.6) is 0 Å². The molecule has 16 heavy (non-hydrogen) atoms. The van der Waals surface area contributed by atoms with E-state index in [-0.39, 0.29) is 0 Å². The van der Waals surface area contributed by atoms with Crippen molar-refractivity contribution in [1.82, 2.24) is 9.55 Å². The third-order valence-electron chi connectivity index (χ3n) is 2.92. The lowest BCUT2D eigenvalue weighted by molar-refractivity contribution is 0.624. The molecule has 0 fully saturated rings. The van der Waals surface area contributed by atoms with E-state index in [0.717, 1.165) is 28.3 Å². The van der Waals surface area contributed by atoms with Crippen LogP contribution < -0.4 is 5.73 Å². The molecule has 86 valence electrons. The van der Waals surface area contributed by atoms with Crippen LogP contribution in [0.1, 0.15) is 25.1 Å². The first kappa shape index (κ1) is 11.4. The largest absolute Gasteiger partial charge is 0.330 e. The Kier molecular flexibility index (Phi) is 3.17. The highest BCUT2D eigenvalue weighted by Gasteiger charge is 2.15. The number of nitrogens with zero attached hydrogens (tertiary/aromatic N) is 2. The maximum absolute atomic E-state index is 6.17. The number of aromatic nitrogens is 2. The molecule has 4 heteroatoms. The molecular formula is C12H16ClN3. The van der Waals surface area contributed by atoms with Gasteiger partial charge in [-0.15, -0.1) is 0 Å². The van der Waals surface area contributed by atoms with Gasteiger partial charge in [0.25, 0.3) is 0 Å². The Morgan fingerprint density at radius 2 is 2.25 bits per heavy atom. The van der Waals surface area contributed by atoms with Crippen LogP contribution in [0, 0.1) is 0 Å². The van der Waals surface area contributed by atoms with E-state index in [0.29, 0.717) is 12.5 Å². The maximum Gasteiger partial charge on any atom is 0.112 e. The summed E-state index contributed by atoms with van der Waals surface area (Å²) in [5, 5.41) is 0.749. The van der Waals surface area contributed by atoms with Crippen molar-refractivity contribution >= 4 is 22.6 Å². The average molecular weight is 238 g/mol. The molecule has 0 amide bonds. The Bertz CT molecular complexity index is 504. The molecule has 0 aliphatic rings. The number of hydrogen-bond donors (Lipinski definition) is 1. The van der Waals surface area contributed by atoms with Crippen LogP contribution in [0.15, 0.2) is 18.2 Å². The van der Waals surface area contributed by atoms with Crippen molar-refractivity contribution in [3.8, 4) is 0 Å². The summed E-state index contributed by atoms with van der Waals surface area (Å²) in [7, 11) is 2.00. The molecule has 0 aliphatic carbocycles. The van der Waals surface area contributed by atoms with Crippen molar-refractivity contribution in [3.05, 3.63) is 29.0 Å². The number of para-hydroxylation sites is 1. The summed E-state index contributed by atoms with van der Waals surface area (Å²) >= 11 is 6.17. The van der Waals surface area contributed by atoms with E-state index in [9.17, 15) is 0 Å². The van der Waals surface area contributed by atoms with Gasteiger partial charge in [-0.3, -0.25) is 0 Å². The van der Waals surface area contributed by atoms with E-state index in [2.05, 4.69) is 16.5 Å². The standard InChI is InChI=1S/C12H16ClN3/c1-8(6-7-14)12-15-10-5-3-4-9(13)11(10)16(12)2/h3-5,8H,6-7,14H2,1-2H3. The first-order valence-corrected chi connectivity index (χ1v) is 5.84. The Hall–Kier alpha value is -1.06. The minimum absolute atomic E-state index is 0.360. The van der Waals surface area contributed by atoms with Gasteiger partial charge in [-0.05, 0) is 25.1 Å². The Labute approximate surface area is 100 Å². The smallest absolute Gasteiger partial charge is 0.112 e. The highest BCUT2D eigenvalue weighted by molar-refractivity contribution is 6.35. The summed E-state index contributed by atoms with van der Waals surface area (Å²) in [5.41, 5.74) is 7.53. The lowest BCUT2D eigenvalue weighted by Crippen LogP contribution is -2.08. The van der Waals surface area contributed by atoms with Crippen LogP contribution in [0.25, 0.3) is 11.0 Å². The van der Waals surface area contributed by atoms with Crippen molar-refractivity contribution in [1.29, 1.82) is 0 Å². The topological polar surface area (TPSA) is 43.8 Å². The summed E-state index contributed by atoms with van der Waals surface area (Å²) < 4.78 is 2.07. The molecule has 1 atom stereocenters. The highest BCUT2D eigenvalue weighted by atomic mass is 35.5. The molecule has 2 N–H and O–H groups in total. The van der Waals surface area contributed by atoms with Gasteiger partial charge in [-0.25, -0.2) is 4.98 Å². The molecule has 0 bridgehead atoms. The number of fused-ring (bicyclic) bond motifs is 1. The zero-order valence-corrected chi connectivity index (χ0v) is 10.3. The molecule has 0 saturated carbocycles.